The molecule has 0 radical (unpaired) electrons. The van der Waals surface area contributed by atoms with Gasteiger partial charge in [0.1, 0.15) is 17.1 Å². The number of hydrogen-bond donors (Lipinski definition) is 1. The summed E-state index contributed by atoms with van der Waals surface area (Å²) in [5, 5.41) is 0.546. The van der Waals surface area contributed by atoms with Crippen molar-refractivity contribution in [2.45, 2.75) is 13.8 Å². The molecule has 0 unspecified atom stereocenters. The van der Waals surface area contributed by atoms with Gasteiger partial charge < -0.3 is 10.5 Å². The minimum atomic E-state index is 0.546. The number of anilines is 1. The van der Waals surface area contributed by atoms with Crippen molar-refractivity contribution in [3.05, 3.63) is 54.4 Å². The third-order valence-electron chi connectivity index (χ3n) is 4.00. The summed E-state index contributed by atoms with van der Waals surface area (Å²) in [7, 11) is 0. The van der Waals surface area contributed by atoms with E-state index in [9.17, 15) is 0 Å². The van der Waals surface area contributed by atoms with Crippen LogP contribution in [0.25, 0.3) is 27.5 Å². The lowest BCUT2D eigenvalue weighted by Gasteiger charge is -2.06. The molecule has 0 bridgehead atoms. The molecule has 0 spiro atoms. The summed E-state index contributed by atoms with van der Waals surface area (Å²) in [6.07, 6.45) is 2.00. The predicted molar refractivity (Wildman–Crippen MR) is 102 cm³/mol. The molecule has 1 aromatic carbocycles. The van der Waals surface area contributed by atoms with Crippen LogP contribution in [0.3, 0.4) is 0 Å². The molecule has 0 saturated carbocycles. The molecule has 5 nitrogen and oxygen atoms in total. The Bertz CT molecular complexity index is 1030. The lowest BCUT2D eigenvalue weighted by Crippen LogP contribution is -1.92. The average Bonchev–Trinajstić information content (AvgIpc) is 3.14. The number of ether oxygens (including phenoxy) is 1. The molecular formula is C19H18N4OS. The zero-order valence-electron chi connectivity index (χ0n) is 14.1. The number of fused-ring (bicyclic) bond motifs is 1. The molecule has 0 aliphatic heterocycles. The van der Waals surface area contributed by atoms with Crippen LogP contribution in [0, 0.1) is 6.92 Å². The minimum Gasteiger partial charge on any atom is -0.494 e. The molecule has 0 aliphatic carbocycles. The van der Waals surface area contributed by atoms with Crippen molar-refractivity contribution in [2.24, 2.45) is 0 Å². The minimum absolute atomic E-state index is 0.546. The smallest absolute Gasteiger partial charge is 0.181 e. The highest BCUT2D eigenvalue weighted by Gasteiger charge is 2.20. The maximum atomic E-state index is 6.05. The number of aromatic nitrogens is 3. The normalized spacial score (nSPS) is 11.1. The molecular weight excluding hydrogens is 332 g/mol. The molecule has 4 rings (SSSR count). The maximum absolute atomic E-state index is 6.05. The third kappa shape index (κ3) is 2.74. The van der Waals surface area contributed by atoms with Crippen LogP contribution in [-0.4, -0.2) is 21.0 Å². The lowest BCUT2D eigenvalue weighted by molar-refractivity contribution is 0.340. The van der Waals surface area contributed by atoms with E-state index in [4.69, 9.17) is 10.5 Å². The summed E-state index contributed by atoms with van der Waals surface area (Å²) in [6, 6.07) is 14.0. The Hall–Kier alpha value is -2.86. The second-order valence-electron chi connectivity index (χ2n) is 5.66. The molecule has 0 atom stereocenters. The van der Waals surface area contributed by atoms with Crippen LogP contribution in [0.2, 0.25) is 0 Å². The molecule has 0 saturated heterocycles. The molecule has 2 N–H and O–H groups in total. The number of thiazole rings is 1. The van der Waals surface area contributed by atoms with E-state index in [1.165, 1.54) is 11.3 Å². The molecule has 3 aromatic heterocycles. The topological polar surface area (TPSA) is 65.4 Å². The van der Waals surface area contributed by atoms with E-state index < -0.39 is 0 Å². The Balaban J connectivity index is 1.88. The fourth-order valence-corrected chi connectivity index (χ4v) is 3.80. The van der Waals surface area contributed by atoms with E-state index in [1.54, 1.807) is 0 Å². The van der Waals surface area contributed by atoms with Crippen LogP contribution in [0.5, 0.6) is 5.75 Å². The van der Waals surface area contributed by atoms with Gasteiger partial charge in [0.25, 0.3) is 0 Å². The van der Waals surface area contributed by atoms with Crippen LogP contribution in [0.4, 0.5) is 5.13 Å². The fourth-order valence-electron chi connectivity index (χ4n) is 2.96. The zero-order valence-corrected chi connectivity index (χ0v) is 14.9. The number of pyridine rings is 1. The van der Waals surface area contributed by atoms with Gasteiger partial charge in [-0.25, -0.2) is 9.97 Å². The summed E-state index contributed by atoms with van der Waals surface area (Å²) >= 11 is 1.49. The molecule has 0 amide bonds. The molecule has 6 heteroatoms. The van der Waals surface area contributed by atoms with Gasteiger partial charge in [0.2, 0.25) is 0 Å². The Morgan fingerprint density at radius 3 is 2.68 bits per heavy atom. The first-order valence-corrected chi connectivity index (χ1v) is 8.92. The van der Waals surface area contributed by atoms with Crippen LogP contribution in [-0.2, 0) is 0 Å². The standard InChI is InChI=1S/C19H18N4OS/c1-3-24-14-9-7-13(8-10-14)18-16(22-19(20)25-18)17-12(2)21-15-6-4-5-11-23(15)17/h4-11H,3H2,1-2H3,(H2,20,22). The largest absolute Gasteiger partial charge is 0.494 e. The zero-order chi connectivity index (χ0) is 17.4. The van der Waals surface area contributed by atoms with Crippen molar-refractivity contribution in [3.8, 4) is 27.6 Å². The van der Waals surface area contributed by atoms with Gasteiger partial charge in [-0.1, -0.05) is 17.4 Å². The number of benzene rings is 1. The van der Waals surface area contributed by atoms with E-state index in [-0.39, 0.29) is 0 Å². The molecule has 0 aliphatic rings. The lowest BCUT2D eigenvalue weighted by atomic mass is 10.1. The Morgan fingerprint density at radius 1 is 1.12 bits per heavy atom. The predicted octanol–water partition coefficient (Wildman–Crippen LogP) is 4.41. The second-order valence-corrected chi connectivity index (χ2v) is 6.69. The van der Waals surface area contributed by atoms with E-state index in [0.29, 0.717) is 11.7 Å². The fraction of sp³-hybridized carbons (Fsp3) is 0.158. The summed E-state index contributed by atoms with van der Waals surface area (Å²) in [4.78, 5) is 10.3. The van der Waals surface area contributed by atoms with Crippen molar-refractivity contribution in [1.29, 1.82) is 0 Å². The van der Waals surface area contributed by atoms with Gasteiger partial charge in [-0.3, -0.25) is 4.40 Å². The SMILES string of the molecule is CCOc1ccc(-c2sc(N)nc2-c2c(C)nc3ccccn23)cc1. The Morgan fingerprint density at radius 2 is 1.92 bits per heavy atom. The highest BCUT2D eigenvalue weighted by molar-refractivity contribution is 7.19. The van der Waals surface area contributed by atoms with Gasteiger partial charge in [0.05, 0.1) is 22.9 Å². The van der Waals surface area contributed by atoms with Gasteiger partial charge in [-0.15, -0.1) is 0 Å². The third-order valence-corrected chi connectivity index (χ3v) is 4.93. The van der Waals surface area contributed by atoms with Crippen LogP contribution >= 0.6 is 11.3 Å². The Kier molecular flexibility index (Phi) is 3.89. The van der Waals surface area contributed by atoms with E-state index >= 15 is 0 Å². The number of aryl methyl sites for hydroxylation is 1. The first-order valence-electron chi connectivity index (χ1n) is 8.11. The highest BCUT2D eigenvalue weighted by atomic mass is 32.1. The molecule has 4 aromatic rings. The number of hydrogen-bond acceptors (Lipinski definition) is 5. The maximum Gasteiger partial charge on any atom is 0.181 e. The number of nitrogens with two attached hydrogens (primary N) is 1. The van der Waals surface area contributed by atoms with Crippen molar-refractivity contribution in [3.63, 3.8) is 0 Å². The number of nitrogen functional groups attached to an aromatic ring is 1. The molecule has 126 valence electrons. The van der Waals surface area contributed by atoms with Gasteiger partial charge in [-0.2, -0.15) is 0 Å². The number of nitrogens with zero attached hydrogens (tertiary/aromatic N) is 3. The van der Waals surface area contributed by atoms with Crippen LogP contribution < -0.4 is 10.5 Å². The first kappa shape index (κ1) is 15.7. The van der Waals surface area contributed by atoms with Crippen molar-refractivity contribution >= 4 is 22.1 Å². The van der Waals surface area contributed by atoms with Gasteiger partial charge in [-0.05, 0) is 55.8 Å². The summed E-state index contributed by atoms with van der Waals surface area (Å²) in [5.41, 5.74) is 10.8. The van der Waals surface area contributed by atoms with Crippen LogP contribution in [0.15, 0.2) is 48.7 Å². The number of imidazole rings is 1. The highest BCUT2D eigenvalue weighted by Crippen LogP contribution is 2.39. The van der Waals surface area contributed by atoms with Gasteiger partial charge in [0, 0.05) is 6.20 Å². The first-order chi connectivity index (χ1) is 12.2. The van der Waals surface area contributed by atoms with E-state index in [2.05, 4.69) is 14.4 Å². The summed E-state index contributed by atoms with van der Waals surface area (Å²) < 4.78 is 7.59. The van der Waals surface area contributed by atoms with Crippen molar-refractivity contribution in [2.75, 3.05) is 12.3 Å². The number of rotatable bonds is 4. The average molecular weight is 350 g/mol. The van der Waals surface area contributed by atoms with Gasteiger partial charge >= 0.3 is 0 Å². The van der Waals surface area contributed by atoms with Gasteiger partial charge in [0.15, 0.2) is 5.13 Å². The summed E-state index contributed by atoms with van der Waals surface area (Å²) in [5.74, 6) is 0.858. The Labute approximate surface area is 149 Å². The molecule has 3 heterocycles. The van der Waals surface area contributed by atoms with Crippen LogP contribution in [0.1, 0.15) is 12.6 Å². The second kappa shape index (κ2) is 6.22. The monoisotopic (exact) mass is 350 g/mol. The van der Waals surface area contributed by atoms with E-state index in [0.717, 1.165) is 38.9 Å². The summed E-state index contributed by atoms with van der Waals surface area (Å²) in [6.45, 7) is 4.63. The molecule has 25 heavy (non-hydrogen) atoms. The molecule has 0 fully saturated rings. The van der Waals surface area contributed by atoms with E-state index in [1.807, 2.05) is 62.5 Å². The van der Waals surface area contributed by atoms with Crippen molar-refractivity contribution in [1.82, 2.24) is 14.4 Å². The van der Waals surface area contributed by atoms with Crippen molar-refractivity contribution < 1.29 is 4.74 Å². The quantitative estimate of drug-likeness (QED) is 0.592.